The topological polar surface area (TPSA) is 105 Å². The summed E-state index contributed by atoms with van der Waals surface area (Å²) in [6.07, 6.45) is 88.1. The number of aliphatic hydroxyl groups is 1. The summed E-state index contributed by atoms with van der Waals surface area (Å²) in [7, 11) is 1.57. The van der Waals surface area contributed by atoms with Crippen molar-refractivity contribution in [2.24, 2.45) is 0 Å². The third-order valence-electron chi connectivity index (χ3n) is 16.2. The van der Waals surface area contributed by atoms with Crippen LogP contribution in [0.5, 0.6) is 0 Å². The van der Waals surface area contributed by atoms with E-state index in [9.17, 15) is 19.4 Å². The minimum Gasteiger partial charge on any atom is -0.387 e. The Labute approximate surface area is 511 Å². The second-order valence-corrected chi connectivity index (χ2v) is 27.1. The Hall–Kier alpha value is -1.80. The van der Waals surface area contributed by atoms with Crippen molar-refractivity contribution in [1.29, 1.82) is 0 Å². The number of carbonyl (C=O) groups excluding carboxylic acids is 1. The fourth-order valence-electron chi connectivity index (χ4n) is 10.7. The predicted molar refractivity (Wildman–Crippen MR) is 360 cm³/mol. The second-order valence-electron chi connectivity index (χ2n) is 25.6. The van der Waals surface area contributed by atoms with Gasteiger partial charge in [0.1, 0.15) is 13.2 Å². The molecule has 82 heavy (non-hydrogen) atoms. The summed E-state index contributed by atoms with van der Waals surface area (Å²) in [5.41, 5.74) is 0. The van der Waals surface area contributed by atoms with Crippen LogP contribution < -0.4 is 5.32 Å². The number of nitrogens with one attached hydrogen (secondary N) is 1. The average Bonchev–Trinajstić information content (AvgIpc) is 3.45. The first-order valence-corrected chi connectivity index (χ1v) is 37.2. The van der Waals surface area contributed by atoms with Crippen molar-refractivity contribution in [3.63, 3.8) is 0 Å². The highest BCUT2D eigenvalue weighted by atomic mass is 31.2. The number of quaternary nitrogens is 1. The lowest BCUT2D eigenvalue weighted by atomic mass is 10.0. The Bertz CT molecular complexity index is 1520. The van der Waals surface area contributed by atoms with Gasteiger partial charge in [-0.3, -0.25) is 13.8 Å². The maximum absolute atomic E-state index is 13.1. The normalized spacial score (nSPS) is 14.0. The number of aliphatic hydroxyl groups excluding tert-OH is 1. The number of hydrogen-bond acceptors (Lipinski definition) is 5. The monoisotopic (exact) mass is 1170 g/mol. The van der Waals surface area contributed by atoms with Gasteiger partial charge in [-0.15, -0.1) is 0 Å². The van der Waals surface area contributed by atoms with Crippen LogP contribution in [-0.2, 0) is 18.4 Å². The highest BCUT2D eigenvalue weighted by molar-refractivity contribution is 7.47. The molecule has 0 aromatic rings. The first-order chi connectivity index (χ1) is 40.0. The van der Waals surface area contributed by atoms with Crippen LogP contribution in [0.4, 0.5) is 0 Å². The number of likely N-dealkylation sites (N-methyl/N-ethyl adjacent to an activating group) is 1. The Balaban J connectivity index is 4.05. The molecule has 0 aliphatic rings. The Morgan fingerprint density at radius 3 is 1.06 bits per heavy atom. The van der Waals surface area contributed by atoms with Crippen LogP contribution in [0.15, 0.2) is 60.8 Å². The van der Waals surface area contributed by atoms with E-state index < -0.39 is 20.0 Å². The number of rotatable bonds is 66. The molecule has 0 aliphatic heterocycles. The van der Waals surface area contributed by atoms with Crippen molar-refractivity contribution in [2.75, 3.05) is 40.9 Å². The summed E-state index contributed by atoms with van der Waals surface area (Å²) in [5.74, 6) is -0.181. The molecule has 9 heteroatoms. The Morgan fingerprint density at radius 1 is 0.415 bits per heavy atom. The van der Waals surface area contributed by atoms with Gasteiger partial charge < -0.3 is 19.8 Å². The minimum atomic E-state index is -4.36. The fourth-order valence-corrected chi connectivity index (χ4v) is 11.4. The Morgan fingerprint density at radius 2 is 0.707 bits per heavy atom. The molecule has 0 aliphatic carbocycles. The van der Waals surface area contributed by atoms with Crippen LogP contribution in [0.2, 0.25) is 0 Å². The lowest BCUT2D eigenvalue weighted by molar-refractivity contribution is -0.870. The summed E-state index contributed by atoms with van der Waals surface area (Å²) < 4.78 is 23.8. The molecule has 0 rings (SSSR count). The summed E-state index contributed by atoms with van der Waals surface area (Å²) in [4.78, 5) is 23.4. The lowest BCUT2D eigenvalue weighted by Gasteiger charge is -2.25. The number of carbonyl (C=O) groups is 1. The summed E-state index contributed by atoms with van der Waals surface area (Å²) in [5, 5.41) is 14.0. The highest BCUT2D eigenvalue weighted by Gasteiger charge is 2.28. The van der Waals surface area contributed by atoms with Gasteiger partial charge in [-0.05, 0) is 70.6 Å². The molecule has 3 unspecified atom stereocenters. The molecule has 0 fully saturated rings. The quantitative estimate of drug-likeness (QED) is 0.0243. The molecule has 0 saturated carbocycles. The van der Waals surface area contributed by atoms with E-state index in [1.807, 2.05) is 27.2 Å². The molecule has 1 amide bonds. The van der Waals surface area contributed by atoms with Crippen molar-refractivity contribution in [3.05, 3.63) is 60.8 Å². The number of hydrogen-bond donors (Lipinski definition) is 3. The smallest absolute Gasteiger partial charge is 0.387 e. The highest BCUT2D eigenvalue weighted by Crippen LogP contribution is 2.43. The molecule has 3 atom stereocenters. The fraction of sp³-hybridized carbons (Fsp3) is 0.849. The van der Waals surface area contributed by atoms with Gasteiger partial charge in [0.15, 0.2) is 0 Å². The molecule has 0 aromatic carbocycles. The van der Waals surface area contributed by atoms with Crippen LogP contribution in [0.3, 0.4) is 0 Å². The summed E-state index contributed by atoms with van der Waals surface area (Å²) >= 11 is 0. The molecule has 3 N–H and O–H groups in total. The maximum atomic E-state index is 13.1. The molecular weight excluding hydrogens is 1030 g/mol. The van der Waals surface area contributed by atoms with Crippen LogP contribution >= 0.6 is 7.82 Å². The number of phosphoric acid groups is 1. The number of nitrogens with zero attached hydrogens (tertiary/aromatic N) is 1. The van der Waals surface area contributed by atoms with Gasteiger partial charge in [0.05, 0.1) is 39.9 Å². The minimum absolute atomic E-state index is 0.0566. The van der Waals surface area contributed by atoms with Gasteiger partial charge in [0.2, 0.25) is 5.91 Å². The molecule has 0 bridgehead atoms. The van der Waals surface area contributed by atoms with E-state index in [1.165, 1.54) is 276 Å². The zero-order valence-corrected chi connectivity index (χ0v) is 56.1. The van der Waals surface area contributed by atoms with E-state index >= 15 is 0 Å². The van der Waals surface area contributed by atoms with Gasteiger partial charge >= 0.3 is 7.82 Å². The molecule has 8 nitrogen and oxygen atoms in total. The standard InChI is InChI=1S/C73H139N2O6P/c1-6-8-10-12-14-16-18-20-22-24-26-28-30-32-33-34-35-36-37-38-39-40-41-43-45-47-49-51-53-55-57-59-61-63-65-67-73(77)74-71(70-81-82(78,79)80-69-68-75(3,4)5)72(76)66-64-62-60-58-56-54-52-50-48-46-44-42-31-29-27-25-23-21-19-17-15-13-11-9-7-2/h18,20,24,26,30,32,56,58,64,66,71-72,76H,6-17,19,21-23,25,27-29,31,33-55,57,59-63,65,67-70H2,1-5H3,(H-,74,77,78,79)/p+1/b20-18-,26-24-,32-30-,58-56+,66-64+. The number of unbranched alkanes of at least 4 members (excludes halogenated alkanes) is 45. The SMILES string of the molecule is CCCCCCC/C=C\C/C=C\C/C=C\CCCCCCCCCCCCCCCCCCCCCCC(=O)NC(COP(=O)(O)OCC[N+](C)(C)C)C(O)/C=C/CC/C=C/CCCCCCCCCCCCCCCCCCCCC. The average molecular weight is 1170 g/mol. The van der Waals surface area contributed by atoms with Crippen LogP contribution in [0, 0.1) is 0 Å². The van der Waals surface area contributed by atoms with Gasteiger partial charge in [-0.2, -0.15) is 0 Å². The van der Waals surface area contributed by atoms with Gasteiger partial charge in [0.25, 0.3) is 0 Å². The van der Waals surface area contributed by atoms with Crippen LogP contribution in [-0.4, -0.2) is 73.4 Å². The lowest BCUT2D eigenvalue weighted by Crippen LogP contribution is -2.45. The summed E-state index contributed by atoms with van der Waals surface area (Å²) in [6.45, 7) is 4.83. The molecule has 482 valence electrons. The predicted octanol–water partition coefficient (Wildman–Crippen LogP) is 22.8. The number of phosphoric ester groups is 1. The van der Waals surface area contributed by atoms with Gasteiger partial charge in [0, 0.05) is 6.42 Å². The molecule has 0 saturated heterocycles. The van der Waals surface area contributed by atoms with Gasteiger partial charge in [-0.1, -0.05) is 331 Å². The van der Waals surface area contributed by atoms with Crippen molar-refractivity contribution in [3.8, 4) is 0 Å². The van der Waals surface area contributed by atoms with E-state index in [0.29, 0.717) is 17.4 Å². The third-order valence-corrected chi connectivity index (χ3v) is 17.2. The number of amides is 1. The maximum Gasteiger partial charge on any atom is 0.472 e. The van der Waals surface area contributed by atoms with Crippen molar-refractivity contribution >= 4 is 13.7 Å². The largest absolute Gasteiger partial charge is 0.472 e. The number of allylic oxidation sites excluding steroid dienone is 9. The zero-order valence-electron chi connectivity index (χ0n) is 55.2. The van der Waals surface area contributed by atoms with Crippen molar-refractivity contribution in [1.82, 2.24) is 5.32 Å². The van der Waals surface area contributed by atoms with E-state index in [2.05, 4.69) is 67.8 Å². The molecular formula is C73H140N2O6P+. The van der Waals surface area contributed by atoms with Crippen LogP contribution in [0.25, 0.3) is 0 Å². The molecule has 0 spiro atoms. The first kappa shape index (κ1) is 80.2. The van der Waals surface area contributed by atoms with E-state index in [-0.39, 0.29) is 19.1 Å². The molecule has 0 heterocycles. The molecule has 0 radical (unpaired) electrons. The summed E-state index contributed by atoms with van der Waals surface area (Å²) in [6, 6.07) is -0.865. The molecule has 0 aromatic heterocycles. The Kier molecular flexibility index (Phi) is 62.3. The van der Waals surface area contributed by atoms with E-state index in [0.717, 1.165) is 51.4 Å². The van der Waals surface area contributed by atoms with Crippen molar-refractivity contribution in [2.45, 2.75) is 360 Å². The zero-order chi connectivity index (χ0) is 59.8. The van der Waals surface area contributed by atoms with E-state index in [1.54, 1.807) is 6.08 Å². The third kappa shape index (κ3) is 65.7. The van der Waals surface area contributed by atoms with Gasteiger partial charge in [-0.25, -0.2) is 4.57 Å². The van der Waals surface area contributed by atoms with E-state index in [4.69, 9.17) is 9.05 Å². The second kappa shape index (κ2) is 63.7. The van der Waals surface area contributed by atoms with Crippen molar-refractivity contribution < 1.29 is 32.9 Å². The van der Waals surface area contributed by atoms with Crippen LogP contribution in [0.1, 0.15) is 348 Å². The first-order valence-electron chi connectivity index (χ1n) is 35.7.